The van der Waals surface area contributed by atoms with Crippen LogP contribution in [0.3, 0.4) is 0 Å². The van der Waals surface area contributed by atoms with Crippen molar-refractivity contribution in [3.05, 3.63) is 12.7 Å². The predicted octanol–water partition coefficient (Wildman–Crippen LogP) is 2.21. The van der Waals surface area contributed by atoms with E-state index < -0.39 is 0 Å². The van der Waals surface area contributed by atoms with Crippen molar-refractivity contribution in [2.24, 2.45) is 0 Å². The number of ether oxygens (including phenoxy) is 2. The Labute approximate surface area is 96.8 Å². The van der Waals surface area contributed by atoms with Gasteiger partial charge in [-0.25, -0.2) is 4.79 Å². The van der Waals surface area contributed by atoms with Gasteiger partial charge in [0.1, 0.15) is 0 Å². The maximum Gasteiger partial charge on any atom is 0.330 e. The lowest BCUT2D eigenvalue weighted by Gasteiger charge is -2.03. The highest BCUT2D eigenvalue weighted by molar-refractivity contribution is 5.81. The molecule has 0 aromatic carbocycles. The van der Waals surface area contributed by atoms with E-state index in [2.05, 4.69) is 6.58 Å². The van der Waals surface area contributed by atoms with Crippen LogP contribution in [0.5, 0.6) is 0 Å². The van der Waals surface area contributed by atoms with E-state index in [1.165, 1.54) is 6.08 Å². The second-order valence-corrected chi connectivity index (χ2v) is 3.31. The molecule has 0 unspecified atom stereocenters. The number of rotatable bonds is 10. The first-order valence-corrected chi connectivity index (χ1v) is 5.55. The van der Waals surface area contributed by atoms with Gasteiger partial charge < -0.3 is 9.47 Å². The van der Waals surface area contributed by atoms with Gasteiger partial charge in [-0.2, -0.15) is 5.26 Å². The van der Waals surface area contributed by atoms with E-state index in [0.29, 0.717) is 26.2 Å². The third-order valence-electron chi connectivity index (χ3n) is 1.95. The van der Waals surface area contributed by atoms with E-state index in [9.17, 15) is 4.79 Å². The Morgan fingerprint density at radius 3 is 2.50 bits per heavy atom. The summed E-state index contributed by atoms with van der Waals surface area (Å²) in [6.45, 7) is 4.99. The molecule has 0 fully saturated rings. The lowest BCUT2D eigenvalue weighted by Crippen LogP contribution is -2.02. The predicted molar refractivity (Wildman–Crippen MR) is 60.7 cm³/mol. The number of carbonyl (C=O) groups excluding carboxylic acids is 1. The lowest BCUT2D eigenvalue weighted by molar-refractivity contribution is -0.137. The van der Waals surface area contributed by atoms with E-state index >= 15 is 0 Å². The Morgan fingerprint density at radius 1 is 1.19 bits per heavy atom. The van der Waals surface area contributed by atoms with Gasteiger partial charge in [-0.05, 0) is 19.3 Å². The summed E-state index contributed by atoms with van der Waals surface area (Å²) >= 11 is 0. The van der Waals surface area contributed by atoms with Crippen molar-refractivity contribution in [3.63, 3.8) is 0 Å². The van der Waals surface area contributed by atoms with Crippen LogP contribution in [0.15, 0.2) is 12.7 Å². The molecule has 0 rings (SSSR count). The third-order valence-corrected chi connectivity index (χ3v) is 1.95. The van der Waals surface area contributed by atoms with Crippen molar-refractivity contribution < 1.29 is 14.3 Å². The van der Waals surface area contributed by atoms with Crippen molar-refractivity contribution in [2.45, 2.75) is 32.1 Å². The van der Waals surface area contributed by atoms with Crippen molar-refractivity contribution in [1.29, 1.82) is 5.26 Å². The monoisotopic (exact) mass is 225 g/mol. The van der Waals surface area contributed by atoms with Crippen LogP contribution in [0.2, 0.25) is 0 Å². The fourth-order valence-electron chi connectivity index (χ4n) is 1.11. The highest BCUT2D eigenvalue weighted by atomic mass is 16.5. The molecule has 0 heterocycles. The van der Waals surface area contributed by atoms with Crippen LogP contribution in [-0.4, -0.2) is 25.8 Å². The maximum absolute atomic E-state index is 10.7. The number of carbonyl (C=O) groups is 1. The summed E-state index contributed by atoms with van der Waals surface area (Å²) in [5, 5.41) is 8.25. The van der Waals surface area contributed by atoms with E-state index in [1.807, 2.05) is 6.07 Å². The van der Waals surface area contributed by atoms with Crippen LogP contribution in [0, 0.1) is 11.3 Å². The van der Waals surface area contributed by atoms with Crippen molar-refractivity contribution >= 4 is 5.97 Å². The van der Waals surface area contributed by atoms with Crippen LogP contribution < -0.4 is 0 Å². The summed E-state index contributed by atoms with van der Waals surface area (Å²) in [5.74, 6) is -0.361. The molecule has 4 nitrogen and oxygen atoms in total. The van der Waals surface area contributed by atoms with Gasteiger partial charge >= 0.3 is 5.97 Å². The van der Waals surface area contributed by atoms with Crippen LogP contribution in [0.25, 0.3) is 0 Å². The molecular weight excluding hydrogens is 206 g/mol. The molecule has 0 aromatic heterocycles. The Morgan fingerprint density at radius 2 is 1.88 bits per heavy atom. The highest BCUT2D eigenvalue weighted by Gasteiger charge is 1.95. The SMILES string of the molecule is C=CC(=O)OCCCCCCOCCC#N. The fourth-order valence-corrected chi connectivity index (χ4v) is 1.11. The zero-order valence-electron chi connectivity index (χ0n) is 9.61. The van der Waals surface area contributed by atoms with E-state index in [-0.39, 0.29) is 5.97 Å². The van der Waals surface area contributed by atoms with Crippen molar-refractivity contribution in [2.75, 3.05) is 19.8 Å². The first kappa shape index (κ1) is 14.7. The number of nitrogens with zero attached hydrogens (tertiary/aromatic N) is 1. The van der Waals surface area contributed by atoms with Gasteiger partial charge in [-0.3, -0.25) is 0 Å². The molecule has 0 amide bonds. The van der Waals surface area contributed by atoms with Gasteiger partial charge in [0.25, 0.3) is 0 Å². The number of nitriles is 1. The maximum atomic E-state index is 10.7. The second-order valence-electron chi connectivity index (χ2n) is 3.31. The minimum Gasteiger partial charge on any atom is -0.463 e. The second kappa shape index (κ2) is 11.7. The lowest BCUT2D eigenvalue weighted by atomic mass is 10.2. The third kappa shape index (κ3) is 10.7. The summed E-state index contributed by atoms with van der Waals surface area (Å²) in [7, 11) is 0. The average molecular weight is 225 g/mol. The zero-order valence-corrected chi connectivity index (χ0v) is 9.61. The molecule has 0 bridgehead atoms. The number of unbranched alkanes of at least 4 members (excludes halogenated alkanes) is 3. The van der Waals surface area contributed by atoms with Gasteiger partial charge in [0.2, 0.25) is 0 Å². The molecular formula is C12H19NO3. The average Bonchev–Trinajstić information content (AvgIpc) is 2.31. The number of esters is 1. The molecule has 0 radical (unpaired) electrons. The van der Waals surface area contributed by atoms with Gasteiger partial charge in [0, 0.05) is 12.7 Å². The summed E-state index contributed by atoms with van der Waals surface area (Å²) in [4.78, 5) is 10.7. The minimum absolute atomic E-state index is 0.361. The largest absolute Gasteiger partial charge is 0.463 e. The van der Waals surface area contributed by atoms with E-state index in [0.717, 1.165) is 25.7 Å². The molecule has 0 saturated carbocycles. The topological polar surface area (TPSA) is 59.3 Å². The molecule has 0 aliphatic carbocycles. The molecule has 16 heavy (non-hydrogen) atoms. The summed E-state index contributed by atoms with van der Waals surface area (Å²) in [6, 6.07) is 2.02. The van der Waals surface area contributed by atoms with Crippen LogP contribution >= 0.6 is 0 Å². The van der Waals surface area contributed by atoms with Crippen molar-refractivity contribution in [3.8, 4) is 6.07 Å². The Balaban J connectivity index is 3.02. The number of hydrogen-bond donors (Lipinski definition) is 0. The molecule has 0 aliphatic heterocycles. The van der Waals surface area contributed by atoms with Crippen LogP contribution in [-0.2, 0) is 14.3 Å². The molecule has 90 valence electrons. The Kier molecular flexibility index (Phi) is 10.8. The van der Waals surface area contributed by atoms with Gasteiger partial charge in [-0.15, -0.1) is 0 Å². The first-order chi connectivity index (χ1) is 7.81. The molecule has 0 aromatic rings. The molecule has 0 atom stereocenters. The zero-order chi connectivity index (χ0) is 12.1. The smallest absolute Gasteiger partial charge is 0.330 e. The Bertz CT molecular complexity index is 233. The van der Waals surface area contributed by atoms with Crippen LogP contribution in [0.1, 0.15) is 32.1 Å². The van der Waals surface area contributed by atoms with Gasteiger partial charge in [0.15, 0.2) is 0 Å². The minimum atomic E-state index is -0.361. The highest BCUT2D eigenvalue weighted by Crippen LogP contribution is 2.01. The summed E-state index contributed by atoms with van der Waals surface area (Å²) in [6.07, 6.45) is 5.56. The van der Waals surface area contributed by atoms with Crippen LogP contribution in [0.4, 0.5) is 0 Å². The molecule has 0 N–H and O–H groups in total. The Hall–Kier alpha value is -1.34. The van der Waals surface area contributed by atoms with Crippen molar-refractivity contribution in [1.82, 2.24) is 0 Å². The first-order valence-electron chi connectivity index (χ1n) is 5.55. The van der Waals surface area contributed by atoms with E-state index in [4.69, 9.17) is 14.7 Å². The van der Waals surface area contributed by atoms with Gasteiger partial charge in [-0.1, -0.05) is 13.0 Å². The normalized spacial score (nSPS) is 9.44. The summed E-state index contributed by atoms with van der Waals surface area (Å²) < 4.78 is 10.0. The fraction of sp³-hybridized carbons (Fsp3) is 0.667. The number of hydrogen-bond acceptors (Lipinski definition) is 4. The quantitative estimate of drug-likeness (QED) is 0.325. The van der Waals surface area contributed by atoms with Gasteiger partial charge in [0.05, 0.1) is 25.7 Å². The van der Waals surface area contributed by atoms with E-state index in [1.54, 1.807) is 0 Å². The molecule has 4 heteroatoms. The molecule has 0 aliphatic rings. The molecule has 0 saturated heterocycles. The molecule has 0 spiro atoms. The summed E-state index contributed by atoms with van der Waals surface area (Å²) in [5.41, 5.74) is 0. The standard InChI is InChI=1S/C12H19NO3/c1-2-12(14)16-11-6-4-3-5-9-15-10-7-8-13/h2H,1,3-7,9-11H2.